The summed E-state index contributed by atoms with van der Waals surface area (Å²) in [7, 11) is 0. The Balaban J connectivity index is 1.37. The molecular formula is C14H15F2N3O3. The molecule has 2 bridgehead atoms. The molecule has 118 valence electrons. The van der Waals surface area contributed by atoms with Crippen LogP contribution in [0.2, 0.25) is 0 Å². The molecule has 1 aromatic heterocycles. The molecule has 0 radical (unpaired) electrons. The maximum atomic E-state index is 12.9. The molecule has 2 amide bonds. The lowest BCUT2D eigenvalue weighted by Gasteiger charge is -2.40. The summed E-state index contributed by atoms with van der Waals surface area (Å²) >= 11 is 0. The quantitative estimate of drug-likeness (QED) is 0.905. The summed E-state index contributed by atoms with van der Waals surface area (Å²) in [5.74, 6) is -3.50. The summed E-state index contributed by atoms with van der Waals surface area (Å²) in [5.41, 5.74) is 0. The number of hydrogen-bond acceptors (Lipinski definition) is 4. The van der Waals surface area contributed by atoms with Gasteiger partial charge in [0.15, 0.2) is 6.39 Å². The van der Waals surface area contributed by atoms with Crippen LogP contribution < -0.4 is 5.32 Å². The number of aromatic nitrogens is 1. The molecular weight excluding hydrogens is 296 g/mol. The molecule has 0 aromatic carbocycles. The van der Waals surface area contributed by atoms with E-state index >= 15 is 0 Å². The number of carbonyl (C=O) groups excluding carboxylic acids is 2. The van der Waals surface area contributed by atoms with E-state index in [0.29, 0.717) is 6.54 Å². The number of hydrogen-bond donors (Lipinski definition) is 1. The average molecular weight is 311 g/mol. The smallest absolute Gasteiger partial charge is 0.289 e. The van der Waals surface area contributed by atoms with Crippen LogP contribution in [0.5, 0.6) is 0 Å². The number of rotatable bonds is 3. The first-order valence-corrected chi connectivity index (χ1v) is 7.32. The number of amides is 2. The summed E-state index contributed by atoms with van der Waals surface area (Å²) in [4.78, 5) is 29.6. The minimum atomic E-state index is -2.69. The number of alkyl halides is 2. The van der Waals surface area contributed by atoms with Gasteiger partial charge in [-0.05, 0) is 6.42 Å². The topological polar surface area (TPSA) is 75.4 Å². The lowest BCUT2D eigenvalue weighted by Crippen LogP contribution is -2.56. The second-order valence-corrected chi connectivity index (χ2v) is 6.38. The molecule has 6 nitrogen and oxygen atoms in total. The number of fused-ring (bicyclic) bond motifs is 1. The van der Waals surface area contributed by atoms with E-state index in [2.05, 4.69) is 10.3 Å². The SMILES string of the molecule is O=C(N[C@@H]1[C@H]2C[C@@H]1N(C(=O)C1CC(F)(F)C1)C2)c1cnco1. The van der Waals surface area contributed by atoms with Gasteiger partial charge in [-0.3, -0.25) is 9.59 Å². The normalized spacial score (nSPS) is 32.3. The number of nitrogens with zero attached hydrogens (tertiary/aromatic N) is 2. The Morgan fingerprint density at radius 1 is 1.41 bits per heavy atom. The van der Waals surface area contributed by atoms with Gasteiger partial charge < -0.3 is 14.6 Å². The Labute approximate surface area is 124 Å². The van der Waals surface area contributed by atoms with Gasteiger partial charge in [-0.25, -0.2) is 13.8 Å². The van der Waals surface area contributed by atoms with Crippen molar-refractivity contribution in [2.75, 3.05) is 6.54 Å². The Morgan fingerprint density at radius 2 is 2.18 bits per heavy atom. The second-order valence-electron chi connectivity index (χ2n) is 6.38. The van der Waals surface area contributed by atoms with Crippen molar-refractivity contribution in [3.8, 4) is 0 Å². The van der Waals surface area contributed by atoms with E-state index in [1.54, 1.807) is 4.90 Å². The van der Waals surface area contributed by atoms with Crippen LogP contribution >= 0.6 is 0 Å². The first-order chi connectivity index (χ1) is 10.4. The third-order valence-corrected chi connectivity index (χ3v) is 4.97. The lowest BCUT2D eigenvalue weighted by molar-refractivity contribution is -0.160. The van der Waals surface area contributed by atoms with Gasteiger partial charge in [0.1, 0.15) is 0 Å². The van der Waals surface area contributed by atoms with Gasteiger partial charge in [0.2, 0.25) is 17.6 Å². The maximum Gasteiger partial charge on any atom is 0.289 e. The summed E-state index contributed by atoms with van der Waals surface area (Å²) in [6, 6.07) is -0.208. The molecule has 2 saturated carbocycles. The molecule has 8 heteroatoms. The minimum absolute atomic E-state index is 0.0846. The zero-order valence-corrected chi connectivity index (χ0v) is 11.7. The third kappa shape index (κ3) is 2.00. The van der Waals surface area contributed by atoms with Gasteiger partial charge in [-0.15, -0.1) is 0 Å². The Kier molecular flexibility index (Phi) is 2.79. The third-order valence-electron chi connectivity index (χ3n) is 4.97. The van der Waals surface area contributed by atoms with Gasteiger partial charge in [0.05, 0.1) is 18.3 Å². The predicted octanol–water partition coefficient (Wildman–Crippen LogP) is 1.05. The maximum absolute atomic E-state index is 12.9. The van der Waals surface area contributed by atoms with Crippen LogP contribution in [0.4, 0.5) is 8.78 Å². The van der Waals surface area contributed by atoms with Crippen LogP contribution in [0, 0.1) is 11.8 Å². The first-order valence-electron chi connectivity index (χ1n) is 7.32. The molecule has 4 aliphatic rings. The van der Waals surface area contributed by atoms with Crippen molar-refractivity contribution in [2.24, 2.45) is 11.8 Å². The van der Waals surface area contributed by atoms with E-state index in [1.165, 1.54) is 12.6 Å². The van der Waals surface area contributed by atoms with Gasteiger partial charge in [-0.1, -0.05) is 0 Å². The molecule has 3 heterocycles. The van der Waals surface area contributed by atoms with Crippen LogP contribution in [0.1, 0.15) is 29.8 Å². The van der Waals surface area contributed by atoms with Crippen LogP contribution in [-0.2, 0) is 4.79 Å². The molecule has 2 aliphatic carbocycles. The summed E-state index contributed by atoms with van der Waals surface area (Å²) in [6.07, 6.45) is 2.62. The van der Waals surface area contributed by atoms with E-state index in [0.717, 1.165) is 6.42 Å². The Morgan fingerprint density at radius 3 is 2.82 bits per heavy atom. The number of carbonyl (C=O) groups is 2. The average Bonchev–Trinajstić information content (AvgIpc) is 3.14. The fraction of sp³-hybridized carbons (Fsp3) is 0.643. The first kappa shape index (κ1) is 13.7. The van der Waals surface area contributed by atoms with E-state index in [1.807, 2.05) is 0 Å². The van der Waals surface area contributed by atoms with Crippen molar-refractivity contribution in [3.63, 3.8) is 0 Å². The highest BCUT2D eigenvalue weighted by molar-refractivity contribution is 5.91. The van der Waals surface area contributed by atoms with Gasteiger partial charge in [-0.2, -0.15) is 0 Å². The molecule has 0 spiro atoms. The standard InChI is InChI=1S/C14H15F2N3O3/c15-14(16)2-8(3-14)13(21)19-5-7-1-9(19)11(7)18-12(20)10-4-17-6-22-10/h4,6-9,11H,1-3,5H2,(H,18,20)/t7-,9-,11+/m0/s1. The van der Waals surface area contributed by atoms with Crippen LogP contribution in [0.15, 0.2) is 17.0 Å². The molecule has 1 N–H and O–H groups in total. The summed E-state index contributed by atoms with van der Waals surface area (Å²) in [5, 5.41) is 2.84. The number of oxazole rings is 1. The largest absolute Gasteiger partial charge is 0.438 e. The van der Waals surface area contributed by atoms with Crippen molar-refractivity contribution in [3.05, 3.63) is 18.4 Å². The van der Waals surface area contributed by atoms with Crippen LogP contribution in [0.25, 0.3) is 0 Å². The van der Waals surface area contributed by atoms with E-state index in [9.17, 15) is 18.4 Å². The highest BCUT2D eigenvalue weighted by atomic mass is 19.3. The monoisotopic (exact) mass is 311 g/mol. The van der Waals surface area contributed by atoms with Crippen molar-refractivity contribution < 1.29 is 22.8 Å². The fourth-order valence-electron chi connectivity index (χ4n) is 3.71. The van der Waals surface area contributed by atoms with Crippen molar-refractivity contribution >= 4 is 11.8 Å². The molecule has 5 rings (SSSR count). The number of nitrogens with one attached hydrogen (secondary N) is 1. The molecule has 3 atom stereocenters. The minimum Gasteiger partial charge on any atom is -0.438 e. The molecule has 2 aliphatic heterocycles. The van der Waals surface area contributed by atoms with Gasteiger partial charge in [0.25, 0.3) is 5.91 Å². The lowest BCUT2D eigenvalue weighted by atomic mass is 9.78. The van der Waals surface area contributed by atoms with Gasteiger partial charge >= 0.3 is 0 Å². The second kappa shape index (κ2) is 4.50. The summed E-state index contributed by atoms with van der Waals surface area (Å²) < 4.78 is 30.7. The molecule has 4 fully saturated rings. The molecule has 1 aromatic rings. The highest BCUT2D eigenvalue weighted by Crippen LogP contribution is 2.47. The molecule has 0 unspecified atom stereocenters. The van der Waals surface area contributed by atoms with Crippen molar-refractivity contribution in [1.29, 1.82) is 0 Å². The van der Waals surface area contributed by atoms with Crippen molar-refractivity contribution in [2.45, 2.75) is 37.3 Å². The van der Waals surface area contributed by atoms with E-state index < -0.39 is 11.8 Å². The molecule has 2 saturated heterocycles. The van der Waals surface area contributed by atoms with E-state index in [-0.39, 0.29) is 48.4 Å². The van der Waals surface area contributed by atoms with Crippen LogP contribution in [-0.4, -0.2) is 46.2 Å². The predicted molar refractivity (Wildman–Crippen MR) is 69.0 cm³/mol. The van der Waals surface area contributed by atoms with Gasteiger partial charge in [0, 0.05) is 31.2 Å². The Bertz CT molecular complexity index is 611. The Hall–Kier alpha value is -1.99. The van der Waals surface area contributed by atoms with Crippen LogP contribution in [0.3, 0.4) is 0 Å². The zero-order valence-electron chi connectivity index (χ0n) is 11.7. The number of halogens is 2. The van der Waals surface area contributed by atoms with E-state index in [4.69, 9.17) is 4.42 Å². The molecule has 22 heavy (non-hydrogen) atoms. The fourth-order valence-corrected chi connectivity index (χ4v) is 3.71. The zero-order chi connectivity index (χ0) is 15.5. The summed E-state index contributed by atoms with van der Waals surface area (Å²) in [6.45, 7) is 0.535. The van der Waals surface area contributed by atoms with Crippen molar-refractivity contribution in [1.82, 2.24) is 15.2 Å². The highest BCUT2D eigenvalue weighted by Gasteiger charge is 2.58.